The van der Waals surface area contributed by atoms with Gasteiger partial charge in [-0.3, -0.25) is 4.79 Å². The fraction of sp³-hybridized carbons (Fsp3) is 0.938. The summed E-state index contributed by atoms with van der Waals surface area (Å²) in [6.07, 6.45) is 10.8. The number of rotatable bonds is 7. The molecule has 1 aliphatic rings. The molecule has 0 radical (unpaired) electrons. The number of carbonyl (C=O) groups excluding carboxylic acids is 1. The predicted molar refractivity (Wildman–Crippen MR) is 74.1 cm³/mol. The van der Waals surface area contributed by atoms with Crippen molar-refractivity contribution in [1.82, 2.24) is 0 Å². The lowest BCUT2D eigenvalue weighted by Gasteiger charge is -2.32. The largest absolute Gasteiger partial charge is 0.299 e. The molecule has 100 valence electrons. The highest BCUT2D eigenvalue weighted by molar-refractivity contribution is 5.83. The van der Waals surface area contributed by atoms with Gasteiger partial charge in [-0.1, -0.05) is 52.9 Å². The molecule has 0 aromatic carbocycles. The zero-order valence-electron chi connectivity index (χ0n) is 12.0. The Morgan fingerprint density at radius 1 is 1.06 bits per heavy atom. The minimum absolute atomic E-state index is 0.363. The van der Waals surface area contributed by atoms with E-state index in [4.69, 9.17) is 0 Å². The molecular weight excluding hydrogens is 208 g/mol. The molecule has 0 spiro atoms. The maximum absolute atomic E-state index is 12.6. The molecule has 2 unspecified atom stereocenters. The van der Waals surface area contributed by atoms with Crippen molar-refractivity contribution in [3.8, 4) is 0 Å². The lowest BCUT2D eigenvalue weighted by Crippen LogP contribution is -2.31. The minimum atomic E-state index is 0.363. The summed E-state index contributed by atoms with van der Waals surface area (Å²) in [5.41, 5.74) is 0. The van der Waals surface area contributed by atoms with Crippen LogP contribution in [0.3, 0.4) is 0 Å². The molecule has 0 amide bonds. The van der Waals surface area contributed by atoms with Crippen LogP contribution in [0.25, 0.3) is 0 Å². The summed E-state index contributed by atoms with van der Waals surface area (Å²) >= 11 is 0. The van der Waals surface area contributed by atoms with Crippen LogP contribution in [0.4, 0.5) is 0 Å². The van der Waals surface area contributed by atoms with E-state index in [1.807, 2.05) is 0 Å². The van der Waals surface area contributed by atoms with Crippen LogP contribution < -0.4 is 0 Å². The molecule has 0 N–H and O–H groups in total. The molecule has 1 nitrogen and oxygen atoms in total. The van der Waals surface area contributed by atoms with E-state index in [0.29, 0.717) is 23.5 Å². The van der Waals surface area contributed by atoms with E-state index in [-0.39, 0.29) is 0 Å². The van der Waals surface area contributed by atoms with Gasteiger partial charge in [-0.2, -0.15) is 0 Å². The summed E-state index contributed by atoms with van der Waals surface area (Å²) in [5, 5.41) is 0. The molecule has 1 aliphatic carbocycles. The van der Waals surface area contributed by atoms with E-state index < -0.39 is 0 Å². The summed E-state index contributed by atoms with van der Waals surface area (Å²) in [6, 6.07) is 0. The second kappa shape index (κ2) is 7.89. The Kier molecular flexibility index (Phi) is 6.84. The average Bonchev–Trinajstić information content (AvgIpc) is 2.37. The van der Waals surface area contributed by atoms with Crippen molar-refractivity contribution in [2.24, 2.45) is 17.8 Å². The normalized spacial score (nSPS) is 25.2. The van der Waals surface area contributed by atoms with Gasteiger partial charge in [-0.05, 0) is 31.6 Å². The van der Waals surface area contributed by atoms with Crippen molar-refractivity contribution in [3.63, 3.8) is 0 Å². The predicted octanol–water partition coefficient (Wildman–Crippen LogP) is 4.99. The third kappa shape index (κ3) is 4.12. The molecule has 0 aromatic rings. The fourth-order valence-corrected chi connectivity index (χ4v) is 3.50. The maximum Gasteiger partial charge on any atom is 0.139 e. The van der Waals surface area contributed by atoms with Crippen LogP contribution in [0.1, 0.15) is 78.6 Å². The van der Waals surface area contributed by atoms with E-state index in [1.54, 1.807) is 0 Å². The summed E-state index contributed by atoms with van der Waals surface area (Å²) < 4.78 is 0. The third-order valence-electron chi connectivity index (χ3n) is 4.48. The minimum Gasteiger partial charge on any atom is -0.299 e. The molecule has 1 saturated carbocycles. The van der Waals surface area contributed by atoms with Crippen molar-refractivity contribution in [1.29, 1.82) is 0 Å². The summed E-state index contributed by atoms with van der Waals surface area (Å²) in [4.78, 5) is 12.6. The lowest BCUT2D eigenvalue weighted by molar-refractivity contribution is -0.130. The topological polar surface area (TPSA) is 17.1 Å². The Morgan fingerprint density at radius 2 is 1.65 bits per heavy atom. The van der Waals surface area contributed by atoms with Crippen LogP contribution in [0.5, 0.6) is 0 Å². The quantitative estimate of drug-likeness (QED) is 0.611. The Labute approximate surface area is 107 Å². The van der Waals surface area contributed by atoms with E-state index >= 15 is 0 Å². The monoisotopic (exact) mass is 238 g/mol. The lowest BCUT2D eigenvalue weighted by atomic mass is 9.72. The molecule has 2 atom stereocenters. The van der Waals surface area contributed by atoms with E-state index in [0.717, 1.165) is 25.7 Å². The number of carbonyl (C=O) groups is 1. The maximum atomic E-state index is 12.6. The van der Waals surface area contributed by atoms with Gasteiger partial charge in [0.1, 0.15) is 5.78 Å². The van der Waals surface area contributed by atoms with Gasteiger partial charge < -0.3 is 0 Å². The highest BCUT2D eigenvalue weighted by Gasteiger charge is 2.32. The van der Waals surface area contributed by atoms with E-state index in [9.17, 15) is 4.79 Å². The Bertz CT molecular complexity index is 216. The second-order valence-electron chi connectivity index (χ2n) is 5.74. The number of ketones is 1. The fourth-order valence-electron chi connectivity index (χ4n) is 3.50. The molecular formula is C16H30O. The number of Topliss-reactive ketones (excluding diaryl/α,β-unsaturated/α-hetero) is 1. The van der Waals surface area contributed by atoms with Crippen LogP contribution in [0, 0.1) is 17.8 Å². The van der Waals surface area contributed by atoms with Gasteiger partial charge in [-0.25, -0.2) is 0 Å². The van der Waals surface area contributed by atoms with Crippen LogP contribution >= 0.6 is 0 Å². The number of hydrogen-bond donors (Lipinski definition) is 0. The Hall–Kier alpha value is -0.330. The van der Waals surface area contributed by atoms with Crippen LogP contribution in [-0.4, -0.2) is 5.78 Å². The molecule has 1 fully saturated rings. The van der Waals surface area contributed by atoms with E-state index in [1.165, 1.54) is 32.1 Å². The summed E-state index contributed by atoms with van der Waals surface area (Å²) in [6.45, 7) is 6.66. The van der Waals surface area contributed by atoms with Crippen LogP contribution in [0.15, 0.2) is 0 Å². The molecule has 0 bridgehead atoms. The van der Waals surface area contributed by atoms with Gasteiger partial charge in [0, 0.05) is 11.8 Å². The molecule has 17 heavy (non-hydrogen) atoms. The highest BCUT2D eigenvalue weighted by atomic mass is 16.1. The zero-order valence-corrected chi connectivity index (χ0v) is 12.0. The van der Waals surface area contributed by atoms with Gasteiger partial charge in [0.05, 0.1) is 0 Å². The Balaban J connectivity index is 2.62. The molecule has 1 rings (SSSR count). The molecule has 0 aliphatic heterocycles. The smallest absolute Gasteiger partial charge is 0.139 e. The van der Waals surface area contributed by atoms with Crippen molar-refractivity contribution in [3.05, 3.63) is 0 Å². The average molecular weight is 238 g/mol. The number of hydrogen-bond acceptors (Lipinski definition) is 1. The van der Waals surface area contributed by atoms with Crippen LogP contribution in [-0.2, 0) is 4.79 Å². The van der Waals surface area contributed by atoms with Gasteiger partial charge >= 0.3 is 0 Å². The van der Waals surface area contributed by atoms with E-state index in [2.05, 4.69) is 20.8 Å². The first-order chi connectivity index (χ1) is 8.24. The first-order valence-corrected chi connectivity index (χ1v) is 7.78. The van der Waals surface area contributed by atoms with Gasteiger partial charge in [0.25, 0.3) is 0 Å². The standard InChI is InChI=1S/C16H30O/c1-4-9-14(10-5-2)16(17)15-12-8-7-11-13(15)6-3/h13-15H,4-12H2,1-3H3. The second-order valence-corrected chi connectivity index (χ2v) is 5.74. The molecule has 1 heteroatoms. The molecule has 0 aromatic heterocycles. The highest BCUT2D eigenvalue weighted by Crippen LogP contribution is 2.35. The first kappa shape index (κ1) is 14.7. The third-order valence-corrected chi connectivity index (χ3v) is 4.48. The Morgan fingerprint density at radius 3 is 2.18 bits per heavy atom. The van der Waals surface area contributed by atoms with Crippen molar-refractivity contribution in [2.75, 3.05) is 0 Å². The van der Waals surface area contributed by atoms with Gasteiger partial charge in [0.15, 0.2) is 0 Å². The van der Waals surface area contributed by atoms with Gasteiger partial charge in [0.2, 0.25) is 0 Å². The van der Waals surface area contributed by atoms with Crippen molar-refractivity contribution >= 4 is 5.78 Å². The van der Waals surface area contributed by atoms with Crippen molar-refractivity contribution < 1.29 is 4.79 Å². The van der Waals surface area contributed by atoms with Crippen molar-refractivity contribution in [2.45, 2.75) is 78.6 Å². The summed E-state index contributed by atoms with van der Waals surface area (Å²) in [5.74, 6) is 2.06. The summed E-state index contributed by atoms with van der Waals surface area (Å²) in [7, 11) is 0. The van der Waals surface area contributed by atoms with Gasteiger partial charge in [-0.15, -0.1) is 0 Å². The molecule has 0 saturated heterocycles. The van der Waals surface area contributed by atoms with Crippen LogP contribution in [0.2, 0.25) is 0 Å². The SMILES string of the molecule is CCCC(CCC)C(=O)C1CCCCC1CC. The molecule has 0 heterocycles. The zero-order chi connectivity index (χ0) is 12.7. The first-order valence-electron chi connectivity index (χ1n) is 7.78.